The van der Waals surface area contributed by atoms with Gasteiger partial charge < -0.3 is 20.1 Å². The number of aliphatic hydroxyl groups excluding tert-OH is 1. The maximum Gasteiger partial charge on any atom is 0.269 e. The van der Waals surface area contributed by atoms with Crippen molar-refractivity contribution < 1.29 is 9.84 Å². The van der Waals surface area contributed by atoms with E-state index in [1.807, 2.05) is 12.1 Å². The van der Waals surface area contributed by atoms with Crippen LogP contribution in [0.5, 0.6) is 5.75 Å². The monoisotopic (exact) mass is 317 g/mol. The number of fused-ring (bicyclic) bond motifs is 1. The molecular formula is C17H23N3O3. The fourth-order valence-electron chi connectivity index (χ4n) is 3.32. The van der Waals surface area contributed by atoms with Gasteiger partial charge in [-0.3, -0.25) is 4.79 Å². The zero-order valence-electron chi connectivity index (χ0n) is 13.3. The lowest BCUT2D eigenvalue weighted by Gasteiger charge is -2.30. The van der Waals surface area contributed by atoms with Gasteiger partial charge in [0.25, 0.3) is 5.56 Å². The Morgan fingerprint density at radius 1 is 1.39 bits per heavy atom. The third-order valence-corrected chi connectivity index (χ3v) is 4.78. The highest BCUT2D eigenvalue weighted by Gasteiger charge is 2.25. The summed E-state index contributed by atoms with van der Waals surface area (Å²) in [6.45, 7) is 0.269. The van der Waals surface area contributed by atoms with Crippen molar-refractivity contribution >= 4 is 11.0 Å². The molecule has 1 fully saturated rings. The molecule has 1 aliphatic carbocycles. The summed E-state index contributed by atoms with van der Waals surface area (Å²) in [6, 6.07) is 5.65. The fourth-order valence-corrected chi connectivity index (χ4v) is 3.32. The normalized spacial score (nSPS) is 22.9. The van der Waals surface area contributed by atoms with E-state index in [2.05, 4.69) is 4.98 Å². The van der Waals surface area contributed by atoms with Gasteiger partial charge in [-0.25, -0.2) is 4.98 Å². The first-order chi connectivity index (χ1) is 11.1. The smallest absolute Gasteiger partial charge is 0.269 e. The molecule has 0 unspecified atom stereocenters. The van der Waals surface area contributed by atoms with Crippen molar-refractivity contribution in [2.24, 2.45) is 11.7 Å². The molecule has 1 aromatic heterocycles. The molecule has 0 amide bonds. The molecule has 1 aliphatic rings. The molecule has 0 aliphatic heterocycles. The SMILES string of the molecule is COc1ccc2ncc(=O)n(C[C@H](O)C3CCC(N)CC3)c2c1. The van der Waals surface area contributed by atoms with Gasteiger partial charge in [-0.2, -0.15) is 0 Å². The number of nitrogens with zero attached hydrogens (tertiary/aromatic N) is 2. The molecule has 0 radical (unpaired) electrons. The van der Waals surface area contributed by atoms with E-state index < -0.39 is 6.10 Å². The first-order valence-electron chi connectivity index (χ1n) is 8.05. The average Bonchev–Trinajstić information content (AvgIpc) is 2.57. The fraction of sp³-hybridized carbons (Fsp3) is 0.529. The second-order valence-corrected chi connectivity index (χ2v) is 6.30. The second-order valence-electron chi connectivity index (χ2n) is 6.30. The standard InChI is InChI=1S/C17H23N3O3/c1-23-13-6-7-14-15(8-13)20(17(22)9-19-14)10-16(21)11-2-4-12(18)5-3-11/h6-9,11-12,16,21H,2-5,10,18H2,1H3/t11?,12?,16-/m0/s1. The Hall–Kier alpha value is -1.92. The van der Waals surface area contributed by atoms with Gasteiger partial charge in [0.05, 0.1) is 37.0 Å². The van der Waals surface area contributed by atoms with Crippen molar-refractivity contribution in [1.29, 1.82) is 0 Å². The summed E-state index contributed by atoms with van der Waals surface area (Å²) in [7, 11) is 1.58. The van der Waals surface area contributed by atoms with Gasteiger partial charge in [-0.05, 0) is 43.7 Å². The van der Waals surface area contributed by atoms with Crippen molar-refractivity contribution in [2.75, 3.05) is 7.11 Å². The maximum atomic E-state index is 12.2. The van der Waals surface area contributed by atoms with E-state index in [4.69, 9.17) is 10.5 Å². The Morgan fingerprint density at radius 3 is 2.83 bits per heavy atom. The van der Waals surface area contributed by atoms with Crippen LogP contribution in [0.15, 0.2) is 29.2 Å². The van der Waals surface area contributed by atoms with Gasteiger partial charge in [-0.1, -0.05) is 0 Å². The van der Waals surface area contributed by atoms with Crippen LogP contribution in [0.25, 0.3) is 11.0 Å². The van der Waals surface area contributed by atoms with Gasteiger partial charge >= 0.3 is 0 Å². The molecule has 0 saturated heterocycles. The second kappa shape index (κ2) is 6.68. The van der Waals surface area contributed by atoms with Crippen LogP contribution in [0.1, 0.15) is 25.7 Å². The van der Waals surface area contributed by atoms with Crippen LogP contribution in [0.3, 0.4) is 0 Å². The van der Waals surface area contributed by atoms with E-state index >= 15 is 0 Å². The third kappa shape index (κ3) is 3.38. The Kier molecular flexibility index (Phi) is 4.63. The summed E-state index contributed by atoms with van der Waals surface area (Å²) >= 11 is 0. The van der Waals surface area contributed by atoms with E-state index in [9.17, 15) is 9.90 Å². The zero-order valence-corrected chi connectivity index (χ0v) is 13.3. The van der Waals surface area contributed by atoms with E-state index in [1.54, 1.807) is 17.7 Å². The van der Waals surface area contributed by atoms with Crippen LogP contribution in [-0.4, -0.2) is 33.9 Å². The summed E-state index contributed by atoms with van der Waals surface area (Å²) in [5.41, 5.74) is 7.11. The molecule has 6 nitrogen and oxygen atoms in total. The quantitative estimate of drug-likeness (QED) is 0.886. The molecule has 0 bridgehead atoms. The summed E-state index contributed by atoms with van der Waals surface area (Å²) < 4.78 is 6.82. The van der Waals surface area contributed by atoms with Gasteiger partial charge in [0, 0.05) is 12.1 Å². The number of ether oxygens (including phenoxy) is 1. The van der Waals surface area contributed by atoms with Crippen LogP contribution in [0.2, 0.25) is 0 Å². The molecule has 2 aromatic rings. The van der Waals surface area contributed by atoms with Gasteiger partial charge in [0.15, 0.2) is 0 Å². The van der Waals surface area contributed by atoms with Gasteiger partial charge in [0.2, 0.25) is 0 Å². The van der Waals surface area contributed by atoms with Crippen LogP contribution < -0.4 is 16.0 Å². The molecule has 23 heavy (non-hydrogen) atoms. The minimum atomic E-state index is -0.558. The Labute approximate surface area is 134 Å². The summed E-state index contributed by atoms with van der Waals surface area (Å²) in [6.07, 6.45) is 4.42. The molecule has 1 heterocycles. The van der Waals surface area contributed by atoms with Crippen LogP contribution in [0.4, 0.5) is 0 Å². The molecule has 1 atom stereocenters. The lowest BCUT2D eigenvalue weighted by molar-refractivity contribution is 0.0668. The van der Waals surface area contributed by atoms with Crippen LogP contribution >= 0.6 is 0 Å². The van der Waals surface area contributed by atoms with Crippen molar-refractivity contribution in [3.05, 3.63) is 34.7 Å². The van der Waals surface area contributed by atoms with Crippen LogP contribution in [-0.2, 0) is 6.54 Å². The third-order valence-electron chi connectivity index (χ3n) is 4.78. The highest BCUT2D eigenvalue weighted by atomic mass is 16.5. The Morgan fingerprint density at radius 2 is 2.13 bits per heavy atom. The predicted octanol–water partition coefficient (Wildman–Crippen LogP) is 1.28. The van der Waals surface area contributed by atoms with E-state index in [-0.39, 0.29) is 24.1 Å². The molecule has 1 aromatic carbocycles. The van der Waals surface area contributed by atoms with Crippen molar-refractivity contribution in [3.8, 4) is 5.75 Å². The molecule has 6 heteroatoms. The molecule has 3 N–H and O–H groups in total. The molecule has 3 rings (SSSR count). The summed E-state index contributed by atoms with van der Waals surface area (Å²) in [4.78, 5) is 16.4. The molecular weight excluding hydrogens is 294 g/mol. The number of benzene rings is 1. The van der Waals surface area contributed by atoms with E-state index in [0.717, 1.165) is 25.7 Å². The number of nitrogens with two attached hydrogens (primary N) is 1. The van der Waals surface area contributed by atoms with E-state index in [1.165, 1.54) is 6.20 Å². The van der Waals surface area contributed by atoms with Gasteiger partial charge in [-0.15, -0.1) is 0 Å². The first-order valence-corrected chi connectivity index (χ1v) is 8.05. The molecule has 1 saturated carbocycles. The number of hydrogen-bond donors (Lipinski definition) is 2. The predicted molar refractivity (Wildman–Crippen MR) is 88.5 cm³/mol. The summed E-state index contributed by atoms with van der Waals surface area (Å²) in [5.74, 6) is 0.854. The Bertz CT molecular complexity index is 735. The maximum absolute atomic E-state index is 12.2. The first kappa shape index (κ1) is 16.0. The van der Waals surface area contributed by atoms with Gasteiger partial charge in [0.1, 0.15) is 5.75 Å². The Balaban J connectivity index is 1.89. The zero-order chi connectivity index (χ0) is 16.4. The average molecular weight is 317 g/mol. The minimum absolute atomic E-state index is 0.190. The van der Waals surface area contributed by atoms with Crippen molar-refractivity contribution in [1.82, 2.24) is 9.55 Å². The highest BCUT2D eigenvalue weighted by molar-refractivity contribution is 5.76. The summed E-state index contributed by atoms with van der Waals surface area (Å²) in [5, 5.41) is 10.6. The van der Waals surface area contributed by atoms with Crippen LogP contribution in [0, 0.1) is 5.92 Å². The highest BCUT2D eigenvalue weighted by Crippen LogP contribution is 2.27. The minimum Gasteiger partial charge on any atom is -0.497 e. The lowest BCUT2D eigenvalue weighted by atomic mass is 9.83. The number of rotatable bonds is 4. The molecule has 0 spiro atoms. The van der Waals surface area contributed by atoms with E-state index in [0.29, 0.717) is 16.8 Å². The van der Waals surface area contributed by atoms with Crippen molar-refractivity contribution in [2.45, 2.75) is 44.4 Å². The number of methoxy groups -OCH3 is 1. The van der Waals surface area contributed by atoms with Crippen molar-refractivity contribution in [3.63, 3.8) is 0 Å². The topological polar surface area (TPSA) is 90.4 Å². The number of aliphatic hydroxyl groups is 1. The lowest BCUT2D eigenvalue weighted by Crippen LogP contribution is -2.36. The number of aromatic nitrogens is 2. The number of hydrogen-bond acceptors (Lipinski definition) is 5. The molecule has 124 valence electrons. The largest absolute Gasteiger partial charge is 0.497 e.